The summed E-state index contributed by atoms with van der Waals surface area (Å²) in [6.07, 6.45) is 0.000842. The summed E-state index contributed by atoms with van der Waals surface area (Å²) in [6, 6.07) is 28.4. The van der Waals surface area contributed by atoms with Gasteiger partial charge in [-0.3, -0.25) is 36.5 Å². The number of nitriles is 2. The summed E-state index contributed by atoms with van der Waals surface area (Å²) < 4.78 is 149. The average Bonchev–Trinajstić information content (AvgIpc) is 0.861. The van der Waals surface area contributed by atoms with Crippen LogP contribution in [0, 0.1) is 62.8 Å². The van der Waals surface area contributed by atoms with Gasteiger partial charge >= 0.3 is 30.4 Å². The minimum Gasteiger partial charge on any atom is -0.508 e. The molecular weight excluding hydrogens is 1330 g/mol. The van der Waals surface area contributed by atoms with E-state index in [1.165, 1.54) is 36.4 Å². The number of nitrogen functional groups attached to an aromatic ring is 1. The topological polar surface area (TPSA) is 392 Å². The van der Waals surface area contributed by atoms with E-state index in [0.29, 0.717) is 16.3 Å². The maximum absolute atomic E-state index is 13.5. The maximum Gasteiger partial charge on any atom is 0.341 e. The number of aromatic hydroxyl groups is 1. The molecule has 0 radical (unpaired) electrons. The lowest BCUT2D eigenvalue weighted by Gasteiger charge is -2.23. The van der Waals surface area contributed by atoms with Crippen LogP contribution in [0.2, 0.25) is 0 Å². The third kappa shape index (κ3) is 32.4. The van der Waals surface area contributed by atoms with Gasteiger partial charge in [0.2, 0.25) is 55.7 Å². The smallest absolute Gasteiger partial charge is 0.341 e. The Bertz CT molecular complexity index is 3320. The third-order valence-electron chi connectivity index (χ3n) is 10.8. The second-order valence-electron chi connectivity index (χ2n) is 18.2. The molecule has 4 unspecified atom stereocenters. The van der Waals surface area contributed by atoms with E-state index in [4.69, 9.17) is 93.0 Å². The highest BCUT2D eigenvalue weighted by atomic mass is 31.2. The van der Waals surface area contributed by atoms with Crippen molar-refractivity contribution >= 4 is 86.8 Å². The van der Waals surface area contributed by atoms with Crippen molar-refractivity contribution in [3.63, 3.8) is 0 Å². The Morgan fingerprint density at radius 3 is 1.01 bits per heavy atom. The fraction of sp³-hybridized carbons (Fsp3) is 0.444. The molecule has 492 valence electrons. The monoisotopic (exact) mass is 1410 g/mol. The Morgan fingerprint density at radius 1 is 0.422 bits per heavy atom. The van der Waals surface area contributed by atoms with Crippen LogP contribution in [0.5, 0.6) is 5.75 Å². The third-order valence-corrected chi connectivity index (χ3v) is 32.3. The highest BCUT2D eigenvalue weighted by Crippen LogP contribution is 2.65. The number of aryl methyl sites for hydroxylation is 2. The summed E-state index contributed by atoms with van der Waals surface area (Å²) in [4.78, 5) is 39.2. The molecule has 4 aromatic carbocycles. The van der Waals surface area contributed by atoms with Gasteiger partial charge in [-0.15, -0.1) is 0 Å². The van der Waals surface area contributed by atoms with Gasteiger partial charge in [-0.05, 0) is 107 Å². The first-order chi connectivity index (χ1) is 42.4. The Kier molecular flexibility index (Phi) is 38.7. The lowest BCUT2D eigenvalue weighted by molar-refractivity contribution is 0.218. The van der Waals surface area contributed by atoms with Crippen LogP contribution >= 0.6 is 59.9 Å². The van der Waals surface area contributed by atoms with E-state index in [9.17, 15) is 46.5 Å². The second-order valence-corrected chi connectivity index (χ2v) is 37.5. The fourth-order valence-electron chi connectivity index (χ4n) is 6.88. The quantitative estimate of drug-likeness (QED) is 0.0122. The molecule has 0 fully saturated rings. The Labute approximate surface area is 526 Å². The van der Waals surface area contributed by atoms with Crippen LogP contribution in [0.1, 0.15) is 44.7 Å². The van der Waals surface area contributed by atoms with Gasteiger partial charge in [0.25, 0.3) is 0 Å². The first-order valence-electron chi connectivity index (χ1n) is 27.0. The average molecular weight is 1410 g/mol. The summed E-state index contributed by atoms with van der Waals surface area (Å²) in [6.45, 7) is 35.5. The summed E-state index contributed by atoms with van der Waals surface area (Å²) in [5.41, 5.74) is 8.05. The van der Waals surface area contributed by atoms with E-state index < -0.39 is 77.6 Å². The van der Waals surface area contributed by atoms with Gasteiger partial charge < -0.3 is 85.6 Å². The predicted molar refractivity (Wildman–Crippen MR) is 344 cm³/mol. The number of nitrogens with two attached hydrogens (primary N) is 1. The molecule has 0 aromatic heterocycles. The first kappa shape index (κ1) is 82.8. The van der Waals surface area contributed by atoms with Gasteiger partial charge in [-0.2, -0.15) is 10.5 Å². The van der Waals surface area contributed by atoms with Crippen LogP contribution in [0.15, 0.2) is 97.1 Å². The molecule has 0 aliphatic rings. The SMILES string of the molecule is CCOP(=O)(CP(=O)(OCC)c1ccc(N)cc1)OCC.Cc1ccc(P(=O)(O)CP(=O)(O)O)cc1.[C-]#[N+]CCOP(=O)(CP(=O)(OCCC#N)c1ccc(C)cc1)OCC[N+]#[C-].[C-]#[N+]CCOP(=O)(CP(=O)(OCCC#N)c1ccc(O)cc1)OCC[N+]#[C-]. The molecule has 6 N–H and O–H groups in total. The van der Waals surface area contributed by atoms with E-state index in [1.807, 2.05) is 26.0 Å². The maximum atomic E-state index is 13.5. The predicted octanol–water partition coefficient (Wildman–Crippen LogP) is 11.6. The number of phenolic OH excluding ortho intramolecular Hbond substituents is 1. The molecule has 0 heterocycles. The van der Waals surface area contributed by atoms with E-state index in [2.05, 4.69) is 19.4 Å². The number of phenols is 1. The number of benzene rings is 4. The number of rotatable bonds is 36. The molecule has 4 atom stereocenters. The highest BCUT2D eigenvalue weighted by Gasteiger charge is 2.42. The van der Waals surface area contributed by atoms with Crippen molar-refractivity contribution < 1.29 is 97.0 Å². The van der Waals surface area contributed by atoms with Gasteiger partial charge in [0.1, 0.15) is 55.8 Å². The standard InChI is InChI=1S/C17H21N3O5P2.C16H19N3O6P2.C13H23NO5P2.C8H12O5P2/c1-16-5-7-17(8-6-16)26(21,23-12-4-9-18)15-27(22,24-13-10-19-2)25-14-11-20-3;1-18-9-12-24-27(22,25-13-10-19-2)14-26(21,23-11-3-8-17)16-6-4-15(20)5-7-16;1-4-17-20(15,13-9-7-12(14)8-10-13)11-21(16,18-5-2)19-6-3;1-7-2-4-8(5-3-7)14(9,10)6-15(11,12)13/h5-8H,4,10-15H2,1H3;4-7,20H,3,9-14H2;7-10H,4-6,11,14H2,1-3H3;2-5H,6H2,1H3,(H,9,10)(H2,11,12,13). The lowest BCUT2D eigenvalue weighted by atomic mass is 10.2. The van der Waals surface area contributed by atoms with Crippen molar-refractivity contribution in [2.45, 2.75) is 47.5 Å². The molecule has 0 bridgehead atoms. The molecule has 36 heteroatoms. The lowest BCUT2D eigenvalue weighted by Crippen LogP contribution is -2.14. The van der Waals surface area contributed by atoms with E-state index in [1.54, 1.807) is 81.4 Å². The zero-order valence-electron chi connectivity index (χ0n) is 50.2. The second kappa shape index (κ2) is 42.1. The summed E-state index contributed by atoms with van der Waals surface area (Å²) in [5.74, 6) is -2.47. The molecule has 0 aliphatic heterocycles. The molecular formula is C54H75N7O21P8. The molecule has 0 spiro atoms. The summed E-state index contributed by atoms with van der Waals surface area (Å²) >= 11 is 0. The van der Waals surface area contributed by atoms with Crippen LogP contribution in [0.25, 0.3) is 19.4 Å². The van der Waals surface area contributed by atoms with Gasteiger partial charge in [0.15, 0.2) is 0 Å². The zero-order chi connectivity index (χ0) is 68.0. The largest absolute Gasteiger partial charge is 0.508 e. The first-order valence-corrected chi connectivity index (χ1v) is 41.2. The van der Waals surface area contributed by atoms with Crippen LogP contribution in [0.4, 0.5) is 5.69 Å². The zero-order valence-corrected chi connectivity index (χ0v) is 57.4. The van der Waals surface area contributed by atoms with Gasteiger partial charge in [-0.1, -0.05) is 35.4 Å². The number of nitrogens with zero attached hydrogens (tertiary/aromatic N) is 6. The van der Waals surface area contributed by atoms with Crippen molar-refractivity contribution in [1.82, 2.24) is 0 Å². The van der Waals surface area contributed by atoms with Gasteiger partial charge in [-0.25, -0.2) is 26.3 Å². The number of anilines is 1. The Hall–Kier alpha value is -5.22. The van der Waals surface area contributed by atoms with Gasteiger partial charge in [0.05, 0.1) is 58.0 Å². The molecule has 90 heavy (non-hydrogen) atoms. The van der Waals surface area contributed by atoms with Crippen molar-refractivity contribution in [2.24, 2.45) is 0 Å². The van der Waals surface area contributed by atoms with E-state index in [0.717, 1.165) is 11.1 Å². The normalized spacial score (nSPS) is 14.0. The summed E-state index contributed by atoms with van der Waals surface area (Å²) in [7, 11) is -30.5. The number of hydrogen-bond donors (Lipinski definition) is 5. The molecule has 4 aromatic rings. The van der Waals surface area contributed by atoms with E-state index >= 15 is 0 Å². The molecule has 0 saturated carbocycles. The fourth-order valence-corrected chi connectivity index (χ4v) is 26.4. The van der Waals surface area contributed by atoms with Crippen LogP contribution in [0.3, 0.4) is 0 Å². The minimum absolute atomic E-state index is 0.0243. The Morgan fingerprint density at radius 2 is 0.711 bits per heavy atom. The highest BCUT2D eigenvalue weighted by molar-refractivity contribution is 7.80. The van der Waals surface area contributed by atoms with Crippen LogP contribution in [-0.2, 0) is 77.2 Å². The van der Waals surface area contributed by atoms with E-state index in [-0.39, 0.29) is 121 Å². The summed E-state index contributed by atoms with van der Waals surface area (Å²) in [5, 5.41) is 27.9. The molecule has 0 amide bonds. The van der Waals surface area contributed by atoms with Crippen molar-refractivity contribution in [3.8, 4) is 17.9 Å². The number of hydrogen-bond acceptors (Lipinski definition) is 21. The molecule has 4 rings (SSSR count). The van der Waals surface area contributed by atoms with Crippen LogP contribution < -0.4 is 27.0 Å². The minimum atomic E-state index is -4.48. The van der Waals surface area contributed by atoms with Crippen molar-refractivity contribution in [3.05, 3.63) is 154 Å². The van der Waals surface area contributed by atoms with Crippen molar-refractivity contribution in [1.29, 1.82) is 10.5 Å². The van der Waals surface area contributed by atoms with Crippen LogP contribution in [-0.4, -0.2) is 129 Å². The van der Waals surface area contributed by atoms with Crippen molar-refractivity contribution in [2.75, 3.05) is 115 Å². The molecule has 0 saturated heterocycles. The molecule has 28 nitrogen and oxygen atoms in total. The Balaban J connectivity index is 0.000000613. The molecule has 0 aliphatic carbocycles. The van der Waals surface area contributed by atoms with Gasteiger partial charge in [0, 0.05) is 26.9 Å².